The van der Waals surface area contributed by atoms with E-state index < -0.39 is 11.9 Å². The van der Waals surface area contributed by atoms with Crippen molar-refractivity contribution in [2.24, 2.45) is 0 Å². The molecule has 0 fully saturated rings. The zero-order valence-corrected chi connectivity index (χ0v) is 17.2. The highest BCUT2D eigenvalue weighted by molar-refractivity contribution is 6.12. The molecule has 1 aromatic heterocycles. The summed E-state index contributed by atoms with van der Waals surface area (Å²) in [6.45, 7) is 1.43. The van der Waals surface area contributed by atoms with E-state index in [0.717, 1.165) is 11.1 Å². The number of anilines is 2. The molecule has 0 bridgehead atoms. The van der Waals surface area contributed by atoms with Crippen LogP contribution < -0.4 is 10.6 Å². The van der Waals surface area contributed by atoms with Gasteiger partial charge in [-0.05, 0) is 53.6 Å². The van der Waals surface area contributed by atoms with Gasteiger partial charge >= 0.3 is 5.97 Å². The number of hydrogen-bond acceptors (Lipinski definition) is 6. The predicted octanol–water partition coefficient (Wildman–Crippen LogP) is 4.28. The maximum Gasteiger partial charge on any atom is 0.337 e. The van der Waals surface area contributed by atoms with Crippen molar-refractivity contribution >= 4 is 40.1 Å². The normalized spacial score (nSPS) is 10.4. The van der Waals surface area contributed by atoms with Gasteiger partial charge in [0.05, 0.1) is 28.3 Å². The second-order valence-electron chi connectivity index (χ2n) is 7.14. The number of nitrogens with zero attached hydrogens (tertiary/aromatic N) is 2. The number of fused-ring (bicyclic) bond motifs is 1. The maximum absolute atomic E-state index is 12.8. The third-order valence-electron chi connectivity index (χ3n) is 4.83. The van der Waals surface area contributed by atoms with Crippen LogP contribution >= 0.6 is 0 Å². The van der Waals surface area contributed by atoms with E-state index in [1.807, 2.05) is 24.3 Å². The van der Waals surface area contributed by atoms with Crippen LogP contribution in [0.3, 0.4) is 0 Å². The van der Waals surface area contributed by atoms with Gasteiger partial charge in [0.15, 0.2) is 11.3 Å². The van der Waals surface area contributed by atoms with Crippen LogP contribution in [0.1, 0.15) is 33.3 Å². The number of aromatic nitrogens is 1. The molecule has 0 aliphatic carbocycles. The average Bonchev–Trinajstić information content (AvgIpc) is 3.22. The van der Waals surface area contributed by atoms with Crippen molar-refractivity contribution in [1.82, 2.24) is 5.16 Å². The minimum Gasteiger partial charge on any atom is -0.478 e. The molecule has 3 aromatic carbocycles. The number of aromatic carboxylic acids is 1. The first-order valence-corrected chi connectivity index (χ1v) is 9.72. The SMILES string of the molecule is CC(=O)Nc1cccc(-c2ccc3c(C(=O)Nc4ccc(C#N)cc4C(=O)O)noc3c2)c1. The van der Waals surface area contributed by atoms with Crippen LogP contribution in [0.2, 0.25) is 0 Å². The van der Waals surface area contributed by atoms with Gasteiger partial charge in [0.1, 0.15) is 0 Å². The molecule has 162 valence electrons. The Bertz CT molecular complexity index is 1470. The smallest absolute Gasteiger partial charge is 0.337 e. The van der Waals surface area contributed by atoms with E-state index in [1.54, 1.807) is 24.3 Å². The first-order valence-electron chi connectivity index (χ1n) is 9.72. The van der Waals surface area contributed by atoms with Crippen molar-refractivity contribution < 1.29 is 24.0 Å². The summed E-state index contributed by atoms with van der Waals surface area (Å²) in [5.41, 5.74) is 2.60. The summed E-state index contributed by atoms with van der Waals surface area (Å²) in [5, 5.41) is 27.9. The van der Waals surface area contributed by atoms with Crippen LogP contribution in [0.4, 0.5) is 11.4 Å². The fourth-order valence-electron chi connectivity index (χ4n) is 3.34. The molecule has 33 heavy (non-hydrogen) atoms. The monoisotopic (exact) mass is 440 g/mol. The van der Waals surface area contributed by atoms with Crippen LogP contribution in [0.15, 0.2) is 65.2 Å². The Morgan fingerprint density at radius 1 is 1.00 bits per heavy atom. The number of rotatable bonds is 5. The zero-order valence-electron chi connectivity index (χ0n) is 17.2. The van der Waals surface area contributed by atoms with Gasteiger partial charge in [-0.1, -0.05) is 23.4 Å². The van der Waals surface area contributed by atoms with E-state index in [4.69, 9.17) is 9.78 Å². The van der Waals surface area contributed by atoms with Gasteiger partial charge in [-0.2, -0.15) is 5.26 Å². The van der Waals surface area contributed by atoms with E-state index in [-0.39, 0.29) is 28.4 Å². The summed E-state index contributed by atoms with van der Waals surface area (Å²) >= 11 is 0. The Morgan fingerprint density at radius 2 is 1.79 bits per heavy atom. The van der Waals surface area contributed by atoms with Gasteiger partial charge in [-0.25, -0.2) is 4.79 Å². The number of carbonyl (C=O) groups is 3. The van der Waals surface area contributed by atoms with E-state index >= 15 is 0 Å². The van der Waals surface area contributed by atoms with E-state index in [1.165, 1.54) is 25.1 Å². The maximum atomic E-state index is 12.8. The summed E-state index contributed by atoms with van der Waals surface area (Å²) in [5.74, 6) is -2.11. The lowest BCUT2D eigenvalue weighted by Gasteiger charge is -2.08. The molecule has 0 unspecified atom stereocenters. The molecule has 9 nitrogen and oxygen atoms in total. The van der Waals surface area contributed by atoms with Gasteiger partial charge in [-0.3, -0.25) is 9.59 Å². The Hall–Kier alpha value is -4.97. The number of nitrogens with one attached hydrogen (secondary N) is 2. The summed E-state index contributed by atoms with van der Waals surface area (Å²) in [4.78, 5) is 35.6. The topological polar surface area (TPSA) is 145 Å². The first-order chi connectivity index (χ1) is 15.9. The Kier molecular flexibility index (Phi) is 5.57. The fourth-order valence-corrected chi connectivity index (χ4v) is 3.34. The lowest BCUT2D eigenvalue weighted by molar-refractivity contribution is -0.114. The number of hydrogen-bond donors (Lipinski definition) is 3. The molecule has 0 aliphatic heterocycles. The van der Waals surface area contributed by atoms with Crippen molar-refractivity contribution in [3.05, 3.63) is 77.5 Å². The van der Waals surface area contributed by atoms with E-state index in [2.05, 4.69) is 15.8 Å². The van der Waals surface area contributed by atoms with Crippen molar-refractivity contribution in [2.75, 3.05) is 10.6 Å². The molecule has 0 saturated carbocycles. The number of amides is 2. The molecule has 0 saturated heterocycles. The molecule has 4 rings (SSSR count). The molecule has 0 aliphatic rings. The number of benzene rings is 3. The molecule has 0 spiro atoms. The first kappa shape index (κ1) is 21.3. The van der Waals surface area contributed by atoms with Gasteiger partial charge in [0.2, 0.25) is 5.91 Å². The Balaban J connectivity index is 1.63. The van der Waals surface area contributed by atoms with Crippen LogP contribution in [0, 0.1) is 11.3 Å². The predicted molar refractivity (Wildman–Crippen MR) is 120 cm³/mol. The second kappa shape index (κ2) is 8.64. The minimum absolute atomic E-state index is 0.00996. The Labute approximate surface area is 187 Å². The van der Waals surface area contributed by atoms with Crippen LogP contribution in [-0.2, 0) is 4.79 Å². The highest BCUT2D eigenvalue weighted by atomic mass is 16.5. The van der Waals surface area contributed by atoms with Crippen molar-refractivity contribution in [3.8, 4) is 17.2 Å². The second-order valence-corrected chi connectivity index (χ2v) is 7.14. The molecule has 2 amide bonds. The quantitative estimate of drug-likeness (QED) is 0.420. The van der Waals surface area contributed by atoms with Crippen molar-refractivity contribution in [1.29, 1.82) is 5.26 Å². The molecule has 0 radical (unpaired) electrons. The van der Waals surface area contributed by atoms with Crippen molar-refractivity contribution in [2.45, 2.75) is 6.92 Å². The van der Waals surface area contributed by atoms with Crippen LogP contribution in [0.5, 0.6) is 0 Å². The van der Waals surface area contributed by atoms with E-state index in [0.29, 0.717) is 16.7 Å². The largest absolute Gasteiger partial charge is 0.478 e. The number of carboxylic acids is 1. The molecule has 0 atom stereocenters. The number of carbonyl (C=O) groups excluding carboxylic acids is 2. The third kappa shape index (κ3) is 4.40. The number of carboxylic acid groups (broad SMARTS) is 1. The van der Waals surface area contributed by atoms with Gasteiger partial charge in [0.25, 0.3) is 5.91 Å². The van der Waals surface area contributed by atoms with Gasteiger partial charge in [-0.15, -0.1) is 0 Å². The molecule has 4 aromatic rings. The Morgan fingerprint density at radius 3 is 2.52 bits per heavy atom. The zero-order chi connectivity index (χ0) is 23.5. The van der Waals surface area contributed by atoms with Crippen LogP contribution in [0.25, 0.3) is 22.1 Å². The molecule has 3 N–H and O–H groups in total. The third-order valence-corrected chi connectivity index (χ3v) is 4.83. The average molecular weight is 440 g/mol. The minimum atomic E-state index is -1.28. The van der Waals surface area contributed by atoms with Crippen molar-refractivity contribution in [3.63, 3.8) is 0 Å². The molecular formula is C24H16N4O5. The highest BCUT2D eigenvalue weighted by Gasteiger charge is 2.20. The van der Waals surface area contributed by atoms with Gasteiger partial charge < -0.3 is 20.3 Å². The lowest BCUT2D eigenvalue weighted by atomic mass is 10.0. The summed E-state index contributed by atoms with van der Waals surface area (Å²) in [7, 11) is 0. The lowest BCUT2D eigenvalue weighted by Crippen LogP contribution is -2.15. The summed E-state index contributed by atoms with van der Waals surface area (Å²) < 4.78 is 5.34. The van der Waals surface area contributed by atoms with E-state index in [9.17, 15) is 19.5 Å². The standard InChI is InChI=1S/C24H16N4O5/c1-13(29)26-17-4-2-3-15(10-17)16-6-7-18-21(11-16)33-28-22(18)23(30)27-20-8-5-14(12-25)9-19(20)24(31)32/h2-11H,1H3,(H,26,29)(H,27,30)(H,31,32). The highest BCUT2D eigenvalue weighted by Crippen LogP contribution is 2.29. The molecular weight excluding hydrogens is 424 g/mol. The fraction of sp³-hybridized carbons (Fsp3) is 0.0417. The summed E-state index contributed by atoms with van der Waals surface area (Å²) in [6, 6.07) is 18.2. The van der Waals surface area contributed by atoms with Crippen LogP contribution in [-0.4, -0.2) is 28.0 Å². The van der Waals surface area contributed by atoms with Gasteiger partial charge in [0, 0.05) is 12.6 Å². The molecule has 1 heterocycles. The number of nitriles is 1. The molecule has 9 heteroatoms. The summed E-state index contributed by atoms with van der Waals surface area (Å²) in [6.07, 6.45) is 0.